The van der Waals surface area contributed by atoms with Crippen molar-refractivity contribution in [2.24, 2.45) is 20.5 Å². The van der Waals surface area contributed by atoms with Crippen molar-refractivity contribution in [1.82, 2.24) is 0 Å². The molecule has 3 aromatic carbocycles. The van der Waals surface area contributed by atoms with Crippen molar-refractivity contribution in [3.63, 3.8) is 0 Å². The molecule has 0 heterocycles. The molecule has 0 spiro atoms. The van der Waals surface area contributed by atoms with Crippen molar-refractivity contribution in [2.75, 3.05) is 4.90 Å². The van der Waals surface area contributed by atoms with Crippen LogP contribution in [0.15, 0.2) is 87.2 Å². The second-order valence-corrected chi connectivity index (χ2v) is 8.27. The lowest BCUT2D eigenvalue weighted by molar-refractivity contribution is 0.608. The average molecular weight is 414 g/mol. The Bertz CT molecular complexity index is 1060. The molecule has 31 heavy (non-hydrogen) atoms. The second kappa shape index (κ2) is 10.1. The molecule has 5 heteroatoms. The fourth-order valence-corrected chi connectivity index (χ4v) is 3.60. The van der Waals surface area contributed by atoms with E-state index in [9.17, 15) is 0 Å². The van der Waals surface area contributed by atoms with Gasteiger partial charge in [-0.3, -0.25) is 0 Å². The van der Waals surface area contributed by atoms with E-state index >= 15 is 0 Å². The van der Waals surface area contributed by atoms with Gasteiger partial charge in [0.05, 0.1) is 22.7 Å². The van der Waals surface area contributed by atoms with E-state index in [2.05, 4.69) is 65.2 Å². The highest BCUT2D eigenvalue weighted by molar-refractivity contribution is 5.56. The summed E-state index contributed by atoms with van der Waals surface area (Å²) in [6.45, 7) is 12.9. The number of benzene rings is 3. The minimum atomic E-state index is 0.441. The first kappa shape index (κ1) is 22.3. The molecular weight excluding hydrogens is 382 g/mol. The fourth-order valence-electron chi connectivity index (χ4n) is 3.60. The van der Waals surface area contributed by atoms with Gasteiger partial charge in [0.25, 0.3) is 0 Å². The first-order valence-corrected chi connectivity index (χ1v) is 10.7. The minimum Gasteiger partial charge on any atom is -0.367 e. The SMILES string of the molecule is Cc1ccccc1N=Nc1ccc(N=Nc2ccc(N(C(C)C)C(C)C)cc2)c(C)c1. The molecule has 0 aliphatic carbocycles. The molecule has 3 aromatic rings. The van der Waals surface area contributed by atoms with Gasteiger partial charge in [0.2, 0.25) is 0 Å². The van der Waals surface area contributed by atoms with E-state index in [1.165, 1.54) is 5.69 Å². The molecule has 3 rings (SSSR count). The van der Waals surface area contributed by atoms with Gasteiger partial charge in [-0.15, -0.1) is 0 Å². The summed E-state index contributed by atoms with van der Waals surface area (Å²) in [5.74, 6) is 0. The second-order valence-electron chi connectivity index (χ2n) is 8.27. The Balaban J connectivity index is 1.72. The highest BCUT2D eigenvalue weighted by Gasteiger charge is 2.13. The van der Waals surface area contributed by atoms with Crippen LogP contribution in [0.1, 0.15) is 38.8 Å². The van der Waals surface area contributed by atoms with Crippen molar-refractivity contribution in [3.05, 3.63) is 77.9 Å². The van der Waals surface area contributed by atoms with Crippen LogP contribution in [0.25, 0.3) is 0 Å². The highest BCUT2D eigenvalue weighted by atomic mass is 15.2. The molecule has 0 radical (unpaired) electrons. The van der Waals surface area contributed by atoms with E-state index in [4.69, 9.17) is 0 Å². The maximum absolute atomic E-state index is 4.43. The Morgan fingerprint density at radius 3 is 1.71 bits per heavy atom. The minimum absolute atomic E-state index is 0.441. The Labute approximate surface area is 185 Å². The third-order valence-electron chi connectivity index (χ3n) is 5.10. The molecule has 0 fully saturated rings. The van der Waals surface area contributed by atoms with Gasteiger partial charge in [-0.1, -0.05) is 18.2 Å². The standard InChI is InChI=1S/C26H31N5/c1-18(2)31(19(3)4)24-14-11-22(12-15-24)27-30-26-16-13-23(17-21(26)6)28-29-25-10-8-7-9-20(25)5/h7-19H,1-6H3. The zero-order chi connectivity index (χ0) is 22.4. The molecule has 160 valence electrons. The quantitative estimate of drug-likeness (QED) is 0.357. The summed E-state index contributed by atoms with van der Waals surface area (Å²) >= 11 is 0. The normalized spacial score (nSPS) is 11.9. The summed E-state index contributed by atoms with van der Waals surface area (Å²) in [7, 11) is 0. The zero-order valence-electron chi connectivity index (χ0n) is 19.2. The third-order valence-corrected chi connectivity index (χ3v) is 5.10. The molecule has 0 unspecified atom stereocenters. The fraction of sp³-hybridized carbons (Fsp3) is 0.308. The van der Waals surface area contributed by atoms with Crippen molar-refractivity contribution >= 4 is 28.4 Å². The van der Waals surface area contributed by atoms with Crippen LogP contribution in [0.2, 0.25) is 0 Å². The summed E-state index contributed by atoms with van der Waals surface area (Å²) in [6.07, 6.45) is 0. The molecule has 5 nitrogen and oxygen atoms in total. The van der Waals surface area contributed by atoms with Crippen LogP contribution in [0.5, 0.6) is 0 Å². The number of azo groups is 2. The molecule has 0 amide bonds. The van der Waals surface area contributed by atoms with Gasteiger partial charge >= 0.3 is 0 Å². The van der Waals surface area contributed by atoms with Crippen LogP contribution < -0.4 is 4.90 Å². The average Bonchev–Trinajstić information content (AvgIpc) is 2.73. The number of nitrogens with zero attached hydrogens (tertiary/aromatic N) is 5. The first-order valence-electron chi connectivity index (χ1n) is 10.7. The van der Waals surface area contributed by atoms with Gasteiger partial charge in [0, 0.05) is 17.8 Å². The summed E-state index contributed by atoms with van der Waals surface area (Å²) < 4.78 is 0. The molecule has 0 saturated heterocycles. The summed E-state index contributed by atoms with van der Waals surface area (Å²) in [5, 5.41) is 17.6. The smallest absolute Gasteiger partial charge is 0.0887 e. The largest absolute Gasteiger partial charge is 0.367 e. The van der Waals surface area contributed by atoms with Crippen LogP contribution in [0.3, 0.4) is 0 Å². The van der Waals surface area contributed by atoms with Crippen LogP contribution in [0.4, 0.5) is 28.4 Å². The van der Waals surface area contributed by atoms with Gasteiger partial charge in [0.15, 0.2) is 0 Å². The maximum atomic E-state index is 4.43. The molecular formula is C26H31N5. The van der Waals surface area contributed by atoms with E-state index in [0.717, 1.165) is 33.9 Å². The lowest BCUT2D eigenvalue weighted by Gasteiger charge is -2.33. The van der Waals surface area contributed by atoms with Crippen LogP contribution >= 0.6 is 0 Å². The van der Waals surface area contributed by atoms with E-state index in [0.29, 0.717) is 12.1 Å². The zero-order valence-corrected chi connectivity index (χ0v) is 19.2. The third kappa shape index (κ3) is 5.85. The number of rotatable bonds is 7. The van der Waals surface area contributed by atoms with Gasteiger partial charge in [0.1, 0.15) is 0 Å². The Morgan fingerprint density at radius 2 is 1.13 bits per heavy atom. The van der Waals surface area contributed by atoms with Crippen LogP contribution in [-0.2, 0) is 0 Å². The molecule has 0 aromatic heterocycles. The summed E-state index contributed by atoms with van der Waals surface area (Å²) in [6, 6.07) is 22.9. The van der Waals surface area contributed by atoms with Crippen molar-refractivity contribution in [2.45, 2.75) is 53.6 Å². The first-order chi connectivity index (χ1) is 14.8. The summed E-state index contributed by atoms with van der Waals surface area (Å²) in [5.41, 5.74) is 6.64. The lowest BCUT2D eigenvalue weighted by Crippen LogP contribution is -2.36. The molecule has 0 N–H and O–H groups in total. The van der Waals surface area contributed by atoms with Crippen molar-refractivity contribution < 1.29 is 0 Å². The molecule has 0 saturated carbocycles. The molecule has 0 aliphatic heterocycles. The van der Waals surface area contributed by atoms with E-state index < -0.39 is 0 Å². The van der Waals surface area contributed by atoms with E-state index in [1.54, 1.807) is 0 Å². The summed E-state index contributed by atoms with van der Waals surface area (Å²) in [4.78, 5) is 2.38. The van der Waals surface area contributed by atoms with Crippen molar-refractivity contribution in [1.29, 1.82) is 0 Å². The highest BCUT2D eigenvalue weighted by Crippen LogP contribution is 2.29. The number of anilines is 1. The lowest BCUT2D eigenvalue weighted by atomic mass is 10.1. The van der Waals surface area contributed by atoms with Gasteiger partial charge in [-0.05, 0) is 101 Å². The van der Waals surface area contributed by atoms with Crippen LogP contribution in [0, 0.1) is 13.8 Å². The Morgan fingerprint density at radius 1 is 0.581 bits per heavy atom. The maximum Gasteiger partial charge on any atom is 0.0887 e. The topological polar surface area (TPSA) is 52.7 Å². The monoisotopic (exact) mass is 413 g/mol. The Kier molecular flexibility index (Phi) is 7.29. The number of hydrogen-bond acceptors (Lipinski definition) is 5. The predicted octanol–water partition coefficient (Wildman–Crippen LogP) is 8.76. The van der Waals surface area contributed by atoms with Crippen LogP contribution in [-0.4, -0.2) is 12.1 Å². The molecule has 0 aliphatic rings. The van der Waals surface area contributed by atoms with Gasteiger partial charge < -0.3 is 4.90 Å². The molecule has 0 atom stereocenters. The van der Waals surface area contributed by atoms with Gasteiger partial charge in [-0.25, -0.2) is 0 Å². The van der Waals surface area contributed by atoms with Gasteiger partial charge in [-0.2, -0.15) is 20.5 Å². The Hall–Kier alpha value is -3.34. The van der Waals surface area contributed by atoms with E-state index in [1.807, 2.05) is 68.4 Å². The van der Waals surface area contributed by atoms with Crippen molar-refractivity contribution in [3.8, 4) is 0 Å². The number of aryl methyl sites for hydroxylation is 2. The molecule has 0 bridgehead atoms. The predicted molar refractivity (Wildman–Crippen MR) is 130 cm³/mol. The number of hydrogen-bond donors (Lipinski definition) is 0. The van der Waals surface area contributed by atoms with E-state index in [-0.39, 0.29) is 0 Å².